The van der Waals surface area contributed by atoms with Crippen molar-refractivity contribution in [3.05, 3.63) is 63.7 Å². The van der Waals surface area contributed by atoms with Crippen LogP contribution in [0, 0.1) is 13.8 Å². The SMILES string of the molecule is CNC(c1ccc(Cl)c(OC)c1)c1c(C)cccc1C. The van der Waals surface area contributed by atoms with Crippen LogP contribution in [0.2, 0.25) is 5.02 Å². The van der Waals surface area contributed by atoms with Crippen molar-refractivity contribution in [2.24, 2.45) is 0 Å². The van der Waals surface area contributed by atoms with E-state index in [2.05, 4.69) is 37.4 Å². The molecule has 0 aliphatic rings. The summed E-state index contributed by atoms with van der Waals surface area (Å²) in [5.74, 6) is 0.704. The Morgan fingerprint density at radius 3 is 2.30 bits per heavy atom. The Balaban J connectivity index is 2.53. The second-order valence-electron chi connectivity index (χ2n) is 4.92. The molecular formula is C17H20ClNO. The van der Waals surface area contributed by atoms with Crippen molar-refractivity contribution in [2.45, 2.75) is 19.9 Å². The molecule has 0 bridgehead atoms. The zero-order chi connectivity index (χ0) is 14.7. The Kier molecular flexibility index (Phi) is 4.69. The van der Waals surface area contributed by atoms with E-state index >= 15 is 0 Å². The number of aryl methyl sites for hydroxylation is 2. The van der Waals surface area contributed by atoms with Crippen LogP contribution in [-0.2, 0) is 0 Å². The lowest BCUT2D eigenvalue weighted by molar-refractivity contribution is 0.414. The highest BCUT2D eigenvalue weighted by Crippen LogP contribution is 2.32. The van der Waals surface area contributed by atoms with Gasteiger partial charge in [0.1, 0.15) is 5.75 Å². The van der Waals surface area contributed by atoms with Gasteiger partial charge in [-0.15, -0.1) is 0 Å². The summed E-state index contributed by atoms with van der Waals surface area (Å²) < 4.78 is 5.32. The van der Waals surface area contributed by atoms with Gasteiger partial charge in [-0.1, -0.05) is 35.9 Å². The van der Waals surface area contributed by atoms with Crippen molar-refractivity contribution >= 4 is 11.6 Å². The van der Waals surface area contributed by atoms with Gasteiger partial charge in [0.25, 0.3) is 0 Å². The number of hydrogen-bond acceptors (Lipinski definition) is 2. The Labute approximate surface area is 125 Å². The Hall–Kier alpha value is -1.51. The second kappa shape index (κ2) is 6.29. The second-order valence-corrected chi connectivity index (χ2v) is 5.33. The molecule has 0 aromatic heterocycles. The zero-order valence-corrected chi connectivity index (χ0v) is 13.1. The number of nitrogens with one attached hydrogen (secondary N) is 1. The highest BCUT2D eigenvalue weighted by molar-refractivity contribution is 6.32. The van der Waals surface area contributed by atoms with Crippen molar-refractivity contribution in [3.63, 3.8) is 0 Å². The maximum Gasteiger partial charge on any atom is 0.137 e. The first-order valence-electron chi connectivity index (χ1n) is 6.65. The van der Waals surface area contributed by atoms with Crippen LogP contribution in [0.25, 0.3) is 0 Å². The lowest BCUT2D eigenvalue weighted by atomic mass is 9.91. The first-order chi connectivity index (χ1) is 9.58. The highest BCUT2D eigenvalue weighted by atomic mass is 35.5. The Morgan fingerprint density at radius 1 is 1.10 bits per heavy atom. The summed E-state index contributed by atoms with van der Waals surface area (Å²) in [4.78, 5) is 0. The van der Waals surface area contributed by atoms with E-state index in [9.17, 15) is 0 Å². The molecule has 0 spiro atoms. The normalized spacial score (nSPS) is 12.2. The van der Waals surface area contributed by atoms with Gasteiger partial charge < -0.3 is 10.1 Å². The predicted octanol–water partition coefficient (Wildman–Crippen LogP) is 4.27. The van der Waals surface area contributed by atoms with Gasteiger partial charge in [0.2, 0.25) is 0 Å². The summed E-state index contributed by atoms with van der Waals surface area (Å²) in [5, 5.41) is 4.02. The molecule has 2 aromatic rings. The lowest BCUT2D eigenvalue weighted by Gasteiger charge is -2.22. The maximum absolute atomic E-state index is 6.11. The van der Waals surface area contributed by atoms with E-state index in [4.69, 9.17) is 16.3 Å². The van der Waals surface area contributed by atoms with E-state index in [0.29, 0.717) is 10.8 Å². The average molecular weight is 290 g/mol. The summed E-state index contributed by atoms with van der Waals surface area (Å²) in [7, 11) is 3.61. The van der Waals surface area contributed by atoms with Crippen molar-refractivity contribution in [1.82, 2.24) is 5.32 Å². The third-order valence-corrected chi connectivity index (χ3v) is 3.94. The third kappa shape index (κ3) is 2.82. The van der Waals surface area contributed by atoms with E-state index in [-0.39, 0.29) is 6.04 Å². The lowest BCUT2D eigenvalue weighted by Crippen LogP contribution is -2.19. The fourth-order valence-electron chi connectivity index (χ4n) is 2.62. The summed E-state index contributed by atoms with van der Waals surface area (Å²) in [5.41, 5.74) is 5.00. The fourth-order valence-corrected chi connectivity index (χ4v) is 2.81. The molecule has 0 saturated carbocycles. The molecule has 0 aliphatic carbocycles. The van der Waals surface area contributed by atoms with Crippen molar-refractivity contribution in [3.8, 4) is 5.75 Å². The Morgan fingerprint density at radius 2 is 1.75 bits per heavy atom. The van der Waals surface area contributed by atoms with Gasteiger partial charge in [-0.2, -0.15) is 0 Å². The molecule has 1 N–H and O–H groups in total. The smallest absolute Gasteiger partial charge is 0.137 e. The van der Waals surface area contributed by atoms with Crippen molar-refractivity contribution in [2.75, 3.05) is 14.2 Å². The molecule has 0 saturated heterocycles. The molecule has 1 atom stereocenters. The maximum atomic E-state index is 6.11. The Bertz CT molecular complexity index is 590. The van der Waals surface area contributed by atoms with Gasteiger partial charge in [0, 0.05) is 0 Å². The molecule has 3 heteroatoms. The minimum Gasteiger partial charge on any atom is -0.495 e. The minimum absolute atomic E-state index is 0.127. The van der Waals surface area contributed by atoms with Crippen LogP contribution < -0.4 is 10.1 Å². The number of ether oxygens (including phenoxy) is 1. The standard InChI is InChI=1S/C17H20ClNO/c1-11-6-5-7-12(2)16(11)17(19-3)13-8-9-14(18)15(10-13)20-4/h5-10,17,19H,1-4H3. The van der Waals surface area contributed by atoms with E-state index in [1.165, 1.54) is 16.7 Å². The van der Waals surface area contributed by atoms with Crippen molar-refractivity contribution < 1.29 is 4.74 Å². The summed E-state index contributed by atoms with van der Waals surface area (Å²) in [6.45, 7) is 4.28. The summed E-state index contributed by atoms with van der Waals surface area (Å²) in [6.07, 6.45) is 0. The predicted molar refractivity (Wildman–Crippen MR) is 84.8 cm³/mol. The van der Waals surface area contributed by atoms with E-state index in [1.54, 1.807) is 7.11 Å². The van der Waals surface area contributed by atoms with Crippen LogP contribution in [0.4, 0.5) is 0 Å². The van der Waals surface area contributed by atoms with Crippen LogP contribution in [-0.4, -0.2) is 14.2 Å². The molecule has 0 heterocycles. The van der Waals surface area contributed by atoms with Crippen LogP contribution >= 0.6 is 11.6 Å². The topological polar surface area (TPSA) is 21.3 Å². The number of hydrogen-bond donors (Lipinski definition) is 1. The van der Waals surface area contributed by atoms with Crippen LogP contribution in [0.5, 0.6) is 5.75 Å². The molecule has 20 heavy (non-hydrogen) atoms. The van der Waals surface area contributed by atoms with Gasteiger partial charge >= 0.3 is 0 Å². The van der Waals surface area contributed by atoms with Gasteiger partial charge in [0.15, 0.2) is 0 Å². The molecule has 2 rings (SSSR count). The molecule has 0 radical (unpaired) electrons. The van der Waals surface area contributed by atoms with Gasteiger partial charge in [-0.25, -0.2) is 0 Å². The average Bonchev–Trinajstić information content (AvgIpc) is 2.44. The molecule has 106 valence electrons. The number of methoxy groups -OCH3 is 1. The fraction of sp³-hybridized carbons (Fsp3) is 0.294. The first kappa shape index (κ1) is 14.9. The molecule has 0 fully saturated rings. The number of rotatable bonds is 4. The summed E-state index contributed by atoms with van der Waals surface area (Å²) >= 11 is 6.11. The zero-order valence-electron chi connectivity index (χ0n) is 12.3. The molecule has 0 aliphatic heterocycles. The van der Waals surface area contributed by atoms with E-state index in [0.717, 1.165) is 5.56 Å². The largest absolute Gasteiger partial charge is 0.495 e. The quantitative estimate of drug-likeness (QED) is 0.907. The first-order valence-corrected chi connectivity index (χ1v) is 7.03. The van der Waals surface area contributed by atoms with Crippen LogP contribution in [0.1, 0.15) is 28.3 Å². The van der Waals surface area contributed by atoms with Crippen LogP contribution in [0.15, 0.2) is 36.4 Å². The van der Waals surface area contributed by atoms with Gasteiger partial charge in [-0.3, -0.25) is 0 Å². The molecular weight excluding hydrogens is 270 g/mol. The summed E-state index contributed by atoms with van der Waals surface area (Å²) in [6, 6.07) is 12.4. The molecule has 2 aromatic carbocycles. The van der Waals surface area contributed by atoms with Gasteiger partial charge in [-0.05, 0) is 55.3 Å². The molecule has 2 nitrogen and oxygen atoms in total. The number of benzene rings is 2. The van der Waals surface area contributed by atoms with Crippen molar-refractivity contribution in [1.29, 1.82) is 0 Å². The van der Waals surface area contributed by atoms with Gasteiger partial charge in [0.05, 0.1) is 18.2 Å². The van der Waals surface area contributed by atoms with Crippen LogP contribution in [0.3, 0.4) is 0 Å². The molecule has 1 unspecified atom stereocenters. The third-order valence-electron chi connectivity index (χ3n) is 3.63. The molecule has 0 amide bonds. The highest BCUT2D eigenvalue weighted by Gasteiger charge is 2.17. The minimum atomic E-state index is 0.127. The monoisotopic (exact) mass is 289 g/mol. The van der Waals surface area contributed by atoms with E-state index < -0.39 is 0 Å². The van der Waals surface area contributed by atoms with E-state index in [1.807, 2.05) is 25.2 Å². The number of halogens is 1.